The number of ether oxygens (including phenoxy) is 1. The fraction of sp³-hybridized carbons (Fsp3) is 0.348. The summed E-state index contributed by atoms with van der Waals surface area (Å²) in [6.07, 6.45) is 0.890. The molecule has 2 atom stereocenters. The molecule has 29 heavy (non-hydrogen) atoms. The van der Waals surface area contributed by atoms with E-state index in [9.17, 15) is 9.59 Å². The molecule has 0 bridgehead atoms. The minimum Gasteiger partial charge on any atom is -0.465 e. The maximum atomic E-state index is 12.9. The van der Waals surface area contributed by atoms with Crippen LogP contribution in [0.1, 0.15) is 35.2 Å². The van der Waals surface area contributed by atoms with Crippen LogP contribution in [0.25, 0.3) is 0 Å². The summed E-state index contributed by atoms with van der Waals surface area (Å²) < 4.78 is 5.17. The molecule has 2 aliphatic rings. The van der Waals surface area contributed by atoms with E-state index in [1.807, 2.05) is 43.3 Å². The predicted octanol–water partition coefficient (Wildman–Crippen LogP) is 2.76. The number of fused-ring (bicyclic) bond motifs is 1. The Balaban J connectivity index is 1.68. The number of aryl methyl sites for hydroxylation is 1. The summed E-state index contributed by atoms with van der Waals surface area (Å²) in [5.41, 5.74) is 4.50. The number of nitrogens with one attached hydrogen (secondary N) is 1. The van der Waals surface area contributed by atoms with Gasteiger partial charge in [0.05, 0.1) is 6.61 Å². The van der Waals surface area contributed by atoms with Crippen molar-refractivity contribution in [2.24, 2.45) is 10.9 Å². The highest BCUT2D eigenvalue weighted by molar-refractivity contribution is 6.08. The molecule has 2 aliphatic heterocycles. The second-order valence-electron chi connectivity index (χ2n) is 7.47. The van der Waals surface area contributed by atoms with E-state index in [1.165, 1.54) is 11.1 Å². The van der Waals surface area contributed by atoms with Gasteiger partial charge in [0.2, 0.25) is 11.9 Å². The molecule has 0 saturated carbocycles. The number of carbonyl (C=O) groups is 2. The largest absolute Gasteiger partial charge is 0.465 e. The quantitative estimate of drug-likeness (QED) is 0.645. The summed E-state index contributed by atoms with van der Waals surface area (Å²) in [4.78, 5) is 32.4. The van der Waals surface area contributed by atoms with Gasteiger partial charge >= 0.3 is 5.97 Å². The second-order valence-corrected chi connectivity index (χ2v) is 7.47. The van der Waals surface area contributed by atoms with Gasteiger partial charge < -0.3 is 9.64 Å². The van der Waals surface area contributed by atoms with Gasteiger partial charge in [0.1, 0.15) is 6.04 Å². The highest BCUT2D eigenvalue weighted by Gasteiger charge is 2.42. The summed E-state index contributed by atoms with van der Waals surface area (Å²) in [7, 11) is 0. The molecule has 6 heteroatoms. The minimum absolute atomic E-state index is 0.225. The van der Waals surface area contributed by atoms with E-state index in [1.54, 1.807) is 6.92 Å². The van der Waals surface area contributed by atoms with Crippen molar-refractivity contribution in [2.45, 2.75) is 32.9 Å². The zero-order chi connectivity index (χ0) is 20.4. The summed E-state index contributed by atoms with van der Waals surface area (Å²) in [6.45, 7) is 5.41. The number of aliphatic imine (C=N–C) groups is 1. The molecule has 0 unspecified atom stereocenters. The van der Waals surface area contributed by atoms with Gasteiger partial charge in [0.15, 0.2) is 5.92 Å². The van der Waals surface area contributed by atoms with Gasteiger partial charge in [-0.25, -0.2) is 4.99 Å². The van der Waals surface area contributed by atoms with Crippen LogP contribution in [0.3, 0.4) is 0 Å². The SMILES string of the molecule is CCOC(=O)[C@H]1C(=O)NC(N2CCc3ccccc3C2)=N[C@@H]1c1ccc(C)cc1. The van der Waals surface area contributed by atoms with Crippen LogP contribution in [0.4, 0.5) is 0 Å². The van der Waals surface area contributed by atoms with Crippen molar-refractivity contribution in [2.75, 3.05) is 13.2 Å². The fourth-order valence-corrected chi connectivity index (χ4v) is 3.91. The van der Waals surface area contributed by atoms with E-state index in [-0.39, 0.29) is 12.5 Å². The van der Waals surface area contributed by atoms with E-state index in [0.717, 1.165) is 24.1 Å². The molecule has 0 aromatic heterocycles. The van der Waals surface area contributed by atoms with Crippen LogP contribution in [0, 0.1) is 12.8 Å². The molecule has 2 aromatic carbocycles. The standard InChI is InChI=1S/C23H25N3O3/c1-3-29-22(28)19-20(17-10-8-15(2)9-11-17)24-23(25-21(19)27)26-13-12-16-6-4-5-7-18(16)14-26/h4-11,19-20H,3,12-14H2,1-2H3,(H,24,25,27)/t19-,20-/m1/s1. The second kappa shape index (κ2) is 8.07. The summed E-state index contributed by atoms with van der Waals surface area (Å²) in [5.74, 6) is -1.37. The Morgan fingerprint density at radius 2 is 1.90 bits per heavy atom. The minimum atomic E-state index is -0.988. The molecule has 0 radical (unpaired) electrons. The van der Waals surface area contributed by atoms with Crippen molar-refractivity contribution in [3.05, 3.63) is 70.8 Å². The molecular weight excluding hydrogens is 366 g/mol. The van der Waals surface area contributed by atoms with Crippen LogP contribution in [-0.2, 0) is 27.3 Å². The van der Waals surface area contributed by atoms with Crippen LogP contribution in [-0.4, -0.2) is 35.9 Å². The third-order valence-electron chi connectivity index (χ3n) is 5.48. The van der Waals surface area contributed by atoms with Gasteiger partial charge in [-0.15, -0.1) is 0 Å². The van der Waals surface area contributed by atoms with Gasteiger partial charge in [-0.1, -0.05) is 54.1 Å². The number of amides is 1. The first-order valence-corrected chi connectivity index (χ1v) is 10.0. The van der Waals surface area contributed by atoms with E-state index < -0.39 is 17.9 Å². The lowest BCUT2D eigenvalue weighted by Gasteiger charge is -2.36. The summed E-state index contributed by atoms with van der Waals surface area (Å²) in [6, 6.07) is 15.5. The van der Waals surface area contributed by atoms with Crippen LogP contribution in [0.15, 0.2) is 53.5 Å². The third-order valence-corrected chi connectivity index (χ3v) is 5.48. The number of hydrogen-bond acceptors (Lipinski definition) is 5. The first-order chi connectivity index (χ1) is 14.1. The average molecular weight is 391 g/mol. The Morgan fingerprint density at radius 3 is 2.62 bits per heavy atom. The Labute approximate surface area is 170 Å². The Bertz CT molecular complexity index is 952. The van der Waals surface area contributed by atoms with Gasteiger partial charge in [-0.3, -0.25) is 14.9 Å². The van der Waals surface area contributed by atoms with Crippen molar-refractivity contribution in [1.82, 2.24) is 10.2 Å². The molecule has 4 rings (SSSR count). The maximum absolute atomic E-state index is 12.9. The summed E-state index contributed by atoms with van der Waals surface area (Å²) >= 11 is 0. The highest BCUT2D eigenvalue weighted by atomic mass is 16.5. The lowest BCUT2D eigenvalue weighted by molar-refractivity contribution is -0.153. The lowest BCUT2D eigenvalue weighted by Crippen LogP contribution is -2.53. The van der Waals surface area contributed by atoms with Crippen LogP contribution in [0.5, 0.6) is 0 Å². The first kappa shape index (κ1) is 19.2. The van der Waals surface area contributed by atoms with Crippen molar-refractivity contribution >= 4 is 17.8 Å². The monoisotopic (exact) mass is 391 g/mol. The highest BCUT2D eigenvalue weighted by Crippen LogP contribution is 2.32. The molecule has 0 spiro atoms. The Hall–Kier alpha value is -3.15. The molecule has 1 amide bonds. The molecular formula is C23H25N3O3. The van der Waals surface area contributed by atoms with E-state index in [0.29, 0.717) is 12.5 Å². The molecule has 0 fully saturated rings. The molecule has 2 heterocycles. The number of nitrogens with zero attached hydrogens (tertiary/aromatic N) is 2. The lowest BCUT2D eigenvalue weighted by atomic mass is 9.91. The third kappa shape index (κ3) is 3.88. The average Bonchev–Trinajstić information content (AvgIpc) is 2.73. The molecule has 0 aliphatic carbocycles. The number of guanidine groups is 1. The molecule has 0 saturated heterocycles. The number of hydrogen-bond donors (Lipinski definition) is 1. The van der Waals surface area contributed by atoms with E-state index in [4.69, 9.17) is 9.73 Å². The number of rotatable bonds is 3. The Morgan fingerprint density at radius 1 is 1.17 bits per heavy atom. The van der Waals surface area contributed by atoms with Crippen LogP contribution < -0.4 is 5.32 Å². The zero-order valence-electron chi connectivity index (χ0n) is 16.7. The smallest absolute Gasteiger partial charge is 0.321 e. The van der Waals surface area contributed by atoms with E-state index >= 15 is 0 Å². The summed E-state index contributed by atoms with van der Waals surface area (Å²) in [5, 5.41) is 2.85. The van der Waals surface area contributed by atoms with Crippen molar-refractivity contribution in [1.29, 1.82) is 0 Å². The van der Waals surface area contributed by atoms with Crippen molar-refractivity contribution in [3.63, 3.8) is 0 Å². The predicted molar refractivity (Wildman–Crippen MR) is 110 cm³/mol. The van der Waals surface area contributed by atoms with Gasteiger partial charge in [-0.05, 0) is 37.0 Å². The van der Waals surface area contributed by atoms with Crippen LogP contribution >= 0.6 is 0 Å². The molecule has 6 nitrogen and oxygen atoms in total. The fourth-order valence-electron chi connectivity index (χ4n) is 3.91. The van der Waals surface area contributed by atoms with Gasteiger partial charge in [-0.2, -0.15) is 0 Å². The molecule has 150 valence electrons. The van der Waals surface area contributed by atoms with Gasteiger partial charge in [0.25, 0.3) is 0 Å². The first-order valence-electron chi connectivity index (χ1n) is 10.0. The van der Waals surface area contributed by atoms with E-state index in [2.05, 4.69) is 22.3 Å². The maximum Gasteiger partial charge on any atom is 0.321 e. The number of carbonyl (C=O) groups excluding carboxylic acids is 2. The topological polar surface area (TPSA) is 71.0 Å². The molecule has 2 aromatic rings. The number of benzene rings is 2. The van der Waals surface area contributed by atoms with Crippen molar-refractivity contribution in [3.8, 4) is 0 Å². The normalized spacial score (nSPS) is 21.1. The van der Waals surface area contributed by atoms with Crippen molar-refractivity contribution < 1.29 is 14.3 Å². The zero-order valence-corrected chi connectivity index (χ0v) is 16.7. The Kier molecular flexibility index (Phi) is 5.34. The number of esters is 1. The van der Waals surface area contributed by atoms with Gasteiger partial charge in [0, 0.05) is 13.1 Å². The van der Waals surface area contributed by atoms with Crippen LogP contribution in [0.2, 0.25) is 0 Å². The molecule has 1 N–H and O–H groups in total.